The van der Waals surface area contributed by atoms with Gasteiger partial charge in [-0.05, 0) is 12.8 Å². The second kappa shape index (κ2) is 43.6. The van der Waals surface area contributed by atoms with Crippen LogP contribution in [0.3, 0.4) is 0 Å². The van der Waals surface area contributed by atoms with E-state index >= 15 is 4.39 Å². The minimum absolute atomic E-state index is 0.128. The number of hydrogen-bond donors (Lipinski definition) is 8. The van der Waals surface area contributed by atoms with Gasteiger partial charge in [0, 0.05) is 32.9 Å². The summed E-state index contributed by atoms with van der Waals surface area (Å²) in [5.74, 6) is -7.10. The average Bonchev–Trinajstić information content (AvgIpc) is 3.37. The maximum absolute atomic E-state index is 15.6. The number of rotatable bonds is 50. The summed E-state index contributed by atoms with van der Waals surface area (Å²) >= 11 is 0. The van der Waals surface area contributed by atoms with E-state index < -0.39 is 106 Å². The van der Waals surface area contributed by atoms with Gasteiger partial charge in [-0.1, -0.05) is 194 Å². The number of aliphatic hydroxyl groups excluding tert-OH is 4. The number of carbonyl (C=O) groups is 4. The molecule has 0 bridgehead atoms. The fourth-order valence-corrected chi connectivity index (χ4v) is 10.1. The molecule has 0 spiro atoms. The first kappa shape index (κ1) is 69.7. The molecule has 74 heavy (non-hydrogen) atoms. The Morgan fingerprint density at radius 3 is 1.53 bits per heavy atom. The summed E-state index contributed by atoms with van der Waals surface area (Å²) in [6.07, 6.45) is 23.2. The van der Waals surface area contributed by atoms with Crippen LogP contribution in [-0.2, 0) is 47.2 Å². The molecule has 1 saturated heterocycles. The highest BCUT2D eigenvalue weighted by molar-refractivity contribution is 7.52. The zero-order valence-electron chi connectivity index (χ0n) is 45.7. The number of alkyl halides is 1. The smallest absolute Gasteiger partial charge is 0.367 e. The van der Waals surface area contributed by atoms with Gasteiger partial charge in [-0.15, -0.1) is 0 Å². The number of carboxylic acids is 1. The second-order valence-corrected chi connectivity index (χ2v) is 22.3. The lowest BCUT2D eigenvalue weighted by Gasteiger charge is -2.48. The summed E-state index contributed by atoms with van der Waals surface area (Å²) in [4.78, 5) is 60.4. The molecule has 1 fully saturated rings. The van der Waals surface area contributed by atoms with Gasteiger partial charge >= 0.3 is 31.3 Å². The topological polar surface area (TPSA) is 277 Å². The van der Waals surface area contributed by atoms with Crippen LogP contribution in [0.4, 0.5) is 4.39 Å². The third kappa shape index (κ3) is 32.4. The second-order valence-electron chi connectivity index (χ2n) is 20.4. The predicted molar refractivity (Wildman–Crippen MR) is 282 cm³/mol. The number of unbranched alkanes of at least 4 members (excludes halogenated alkanes) is 28. The minimum atomic E-state index is -4.36. The lowest BCUT2D eigenvalue weighted by atomic mass is 9.87. The van der Waals surface area contributed by atoms with Crippen LogP contribution in [0.25, 0.3) is 0 Å². The summed E-state index contributed by atoms with van der Waals surface area (Å²) in [5.41, 5.74) is 0. The van der Waals surface area contributed by atoms with Crippen molar-refractivity contribution in [1.82, 2.24) is 10.6 Å². The maximum atomic E-state index is 15.6. The predicted octanol–water partition coefficient (Wildman–Crippen LogP) is 8.87. The number of halogens is 1. The fourth-order valence-electron chi connectivity index (χ4n) is 9.08. The van der Waals surface area contributed by atoms with E-state index in [2.05, 4.69) is 24.5 Å². The van der Waals surface area contributed by atoms with Gasteiger partial charge in [0.05, 0.1) is 32.0 Å². The normalized spacial score (nSPS) is 20.9. The first-order valence-electron chi connectivity index (χ1n) is 28.7. The molecule has 1 heterocycles. The van der Waals surface area contributed by atoms with E-state index in [1.54, 1.807) is 0 Å². The van der Waals surface area contributed by atoms with Gasteiger partial charge < -0.3 is 64.5 Å². The third-order valence-corrected chi connectivity index (χ3v) is 14.9. The Morgan fingerprint density at radius 1 is 0.676 bits per heavy atom. The van der Waals surface area contributed by atoms with Crippen molar-refractivity contribution in [3.63, 3.8) is 0 Å². The standard InChI is InChI=1S/C54H102FN2O16P/c1-4-6-8-10-12-14-16-18-20-22-24-26-28-30-32-34-46(61)69-41-44(72-47(62)35-33-31-29-27-25-23-21-19-17-15-13-11-9-7-5-2)42-71-74(67,68)39-37-56-36-38-70-54(53(65)66)52(55)50(64)48(57-43(3)59)51(73-54)49(63)45(60)40-58/h44-45,48-52,56,58,60,63-64H,4-42H2,1-3H3,(H,57,59)(H,65,66)(H,67,68)/t44-,45-,48-,49-,50-,51-,52-,54-/m1/s1. The quantitative estimate of drug-likeness (QED) is 0.0160. The van der Waals surface area contributed by atoms with E-state index in [4.69, 9.17) is 23.5 Å². The highest BCUT2D eigenvalue weighted by Crippen LogP contribution is 2.41. The van der Waals surface area contributed by atoms with Crippen molar-refractivity contribution in [3.8, 4) is 0 Å². The Bertz CT molecular complexity index is 1500. The summed E-state index contributed by atoms with van der Waals surface area (Å²) in [7, 11) is -4.36. The number of esters is 2. The van der Waals surface area contributed by atoms with Gasteiger partial charge in [-0.3, -0.25) is 18.9 Å². The van der Waals surface area contributed by atoms with Crippen molar-refractivity contribution < 1.29 is 82.0 Å². The van der Waals surface area contributed by atoms with E-state index in [1.165, 1.54) is 135 Å². The first-order valence-corrected chi connectivity index (χ1v) is 30.4. The number of hydrogen-bond acceptors (Lipinski definition) is 15. The van der Waals surface area contributed by atoms with Crippen LogP contribution in [0.5, 0.6) is 0 Å². The highest BCUT2D eigenvalue weighted by atomic mass is 31.2. The zero-order chi connectivity index (χ0) is 54.9. The molecule has 1 aliphatic rings. The van der Waals surface area contributed by atoms with E-state index in [1.807, 2.05) is 0 Å². The Labute approximate surface area is 443 Å². The SMILES string of the molecule is CCCCCCCCCCCCCCCCCC(=O)OC[C@H](COP(=O)(O)CCNCCO[C@@]1(C(=O)O)O[C@@H]([C@H](O)[C@H](O)CO)[C@H](NC(C)=O)[C@@H](O)[C@H]1F)OC(=O)CCCCCCCCCCCCCCCCC. The van der Waals surface area contributed by atoms with Gasteiger partial charge in [-0.2, -0.15) is 0 Å². The molecule has 436 valence electrons. The van der Waals surface area contributed by atoms with Crippen molar-refractivity contribution in [2.24, 2.45) is 0 Å². The average molecular weight is 1090 g/mol. The van der Waals surface area contributed by atoms with Crippen LogP contribution in [-0.4, -0.2) is 148 Å². The zero-order valence-corrected chi connectivity index (χ0v) is 46.6. The molecular formula is C54H102FN2O16P. The van der Waals surface area contributed by atoms with Crippen molar-refractivity contribution in [1.29, 1.82) is 0 Å². The fraction of sp³-hybridized carbons (Fsp3) is 0.926. The molecule has 8 N–H and O–H groups in total. The molecule has 0 aromatic heterocycles. The summed E-state index contributed by atoms with van der Waals surface area (Å²) < 4.78 is 55.7. The number of carbonyl (C=O) groups excluding carboxylic acids is 3. The molecule has 0 saturated carbocycles. The van der Waals surface area contributed by atoms with Gasteiger partial charge in [0.15, 0.2) is 12.3 Å². The lowest BCUT2D eigenvalue weighted by molar-refractivity contribution is -0.335. The Balaban J connectivity index is 2.64. The maximum Gasteiger partial charge on any atom is 0.367 e. The van der Waals surface area contributed by atoms with Crippen LogP contribution in [0.1, 0.15) is 226 Å². The van der Waals surface area contributed by atoms with Crippen molar-refractivity contribution in [3.05, 3.63) is 0 Å². The van der Waals surface area contributed by atoms with Crippen LogP contribution < -0.4 is 10.6 Å². The van der Waals surface area contributed by atoms with Gasteiger partial charge in [0.25, 0.3) is 0 Å². The highest BCUT2D eigenvalue weighted by Gasteiger charge is 2.63. The number of aliphatic hydroxyl groups is 4. The molecule has 20 heteroatoms. The van der Waals surface area contributed by atoms with Crippen molar-refractivity contribution >= 4 is 31.4 Å². The molecule has 18 nitrogen and oxygen atoms in total. The van der Waals surface area contributed by atoms with E-state index in [-0.39, 0.29) is 32.5 Å². The Kier molecular flexibility index (Phi) is 41.1. The molecule has 0 aromatic rings. The van der Waals surface area contributed by atoms with Crippen LogP contribution in [0.15, 0.2) is 0 Å². The molecule has 9 atom stereocenters. The lowest BCUT2D eigenvalue weighted by Crippen LogP contribution is -2.73. The van der Waals surface area contributed by atoms with Gasteiger partial charge in [0.1, 0.15) is 31.0 Å². The van der Waals surface area contributed by atoms with Crippen molar-refractivity contribution in [2.45, 2.75) is 275 Å². The molecule has 0 aromatic carbocycles. The van der Waals surface area contributed by atoms with E-state index in [9.17, 15) is 54.2 Å². The number of carboxylic acid groups (broad SMARTS) is 1. The molecule has 1 amide bonds. The number of aliphatic carboxylic acids is 1. The molecule has 1 unspecified atom stereocenters. The molecule has 1 aliphatic heterocycles. The molecule has 1 rings (SSSR count). The number of amides is 1. The molecule has 0 aliphatic carbocycles. The summed E-state index contributed by atoms with van der Waals surface area (Å²) in [5, 5.41) is 55.5. The van der Waals surface area contributed by atoms with E-state index in [0.29, 0.717) is 12.8 Å². The van der Waals surface area contributed by atoms with Gasteiger partial charge in [0.2, 0.25) is 5.91 Å². The van der Waals surface area contributed by atoms with Crippen LogP contribution >= 0.6 is 7.60 Å². The van der Waals surface area contributed by atoms with Gasteiger partial charge in [-0.25, -0.2) is 9.18 Å². The monoisotopic (exact) mass is 1080 g/mol. The number of ether oxygens (including phenoxy) is 4. The minimum Gasteiger partial charge on any atom is -0.477 e. The van der Waals surface area contributed by atoms with Crippen LogP contribution in [0, 0.1) is 0 Å². The molecular weight excluding hydrogens is 983 g/mol. The van der Waals surface area contributed by atoms with Crippen LogP contribution in [0.2, 0.25) is 0 Å². The number of nitrogens with one attached hydrogen (secondary N) is 2. The Morgan fingerprint density at radius 2 is 1.11 bits per heavy atom. The summed E-state index contributed by atoms with van der Waals surface area (Å²) in [6, 6.07) is -1.75. The third-order valence-electron chi connectivity index (χ3n) is 13.6. The largest absolute Gasteiger partial charge is 0.477 e. The Hall–Kier alpha value is -2.32. The van der Waals surface area contributed by atoms with Crippen molar-refractivity contribution in [2.75, 3.05) is 45.7 Å². The van der Waals surface area contributed by atoms with E-state index in [0.717, 1.165) is 51.9 Å². The first-order chi connectivity index (χ1) is 35.5. The summed E-state index contributed by atoms with van der Waals surface area (Å²) in [6.45, 7) is 2.49. The molecule has 0 radical (unpaired) electrons.